The van der Waals surface area contributed by atoms with Crippen LogP contribution in [-0.2, 0) is 17.9 Å². The first-order chi connectivity index (χ1) is 23.6. The van der Waals surface area contributed by atoms with Crippen LogP contribution in [0.15, 0.2) is 77.9 Å². The first-order valence-electron chi connectivity index (χ1n) is 16.2. The number of fused-ring (bicyclic) bond motifs is 1. The molecule has 49 heavy (non-hydrogen) atoms. The number of nitrogens with zero attached hydrogens (tertiary/aromatic N) is 4. The average molecular weight is 700 g/mol. The fourth-order valence-corrected chi connectivity index (χ4v) is 7.36. The number of rotatable bonds is 10. The quantitative estimate of drug-likeness (QED) is 0.179. The predicted molar refractivity (Wildman–Crippen MR) is 191 cm³/mol. The molecule has 1 amide bonds. The lowest BCUT2D eigenvalue weighted by Crippen LogP contribution is -2.59. The molecule has 5 aromatic rings. The number of methoxy groups -OCH3 is 1. The van der Waals surface area contributed by atoms with E-state index >= 15 is 0 Å². The zero-order valence-electron chi connectivity index (χ0n) is 27.2. The number of benzene rings is 2. The number of nitrogens with one attached hydrogen (secondary N) is 2. The second-order valence-electron chi connectivity index (χ2n) is 13.0. The molecule has 2 fully saturated rings. The Labute approximate surface area is 293 Å². The van der Waals surface area contributed by atoms with Crippen molar-refractivity contribution < 1.29 is 14.6 Å². The highest BCUT2D eigenvalue weighted by molar-refractivity contribution is 6.39. The molecular weight excluding hydrogens is 663 g/mol. The summed E-state index contributed by atoms with van der Waals surface area (Å²) >= 11 is 14.2. The maximum atomic E-state index is 13.2. The minimum absolute atomic E-state index is 0.0626. The number of halogens is 2. The molecule has 0 radical (unpaired) electrons. The predicted octanol–water partition coefficient (Wildman–Crippen LogP) is 5.34. The third kappa shape index (κ3) is 6.79. The molecule has 7 rings (SSSR count). The summed E-state index contributed by atoms with van der Waals surface area (Å²) in [5.41, 5.74) is 5.65. The number of amides is 1. The molecule has 1 atom stereocenters. The van der Waals surface area contributed by atoms with Crippen molar-refractivity contribution in [2.75, 3.05) is 26.7 Å². The molecule has 2 saturated heterocycles. The highest BCUT2D eigenvalue weighted by Gasteiger charge is 2.36. The SMILES string of the molecule is COc1nc(-c2cccc(-c3cccc(-c4ccn5c(=O)c(CNC[C@@H]6CCC(=O)N6)cnc5c4)c3Cl)c2Cl)ccc1CN1CC(C)(O)C1. The molecule has 252 valence electrons. The average Bonchev–Trinajstić information content (AvgIpc) is 3.50. The van der Waals surface area contributed by atoms with Gasteiger partial charge in [-0.25, -0.2) is 9.97 Å². The van der Waals surface area contributed by atoms with Gasteiger partial charge < -0.3 is 20.5 Å². The molecule has 2 aliphatic heterocycles. The van der Waals surface area contributed by atoms with Crippen molar-refractivity contribution in [3.05, 3.63) is 105 Å². The van der Waals surface area contributed by atoms with E-state index in [1.807, 2.05) is 67.6 Å². The Morgan fingerprint density at radius 1 is 1.00 bits per heavy atom. The molecule has 12 heteroatoms. The Kier molecular flexibility index (Phi) is 9.17. The summed E-state index contributed by atoms with van der Waals surface area (Å²) in [6, 6.07) is 19.2. The Balaban J connectivity index is 1.13. The van der Waals surface area contributed by atoms with E-state index in [0.29, 0.717) is 72.0 Å². The van der Waals surface area contributed by atoms with Crippen molar-refractivity contribution >= 4 is 34.8 Å². The van der Waals surface area contributed by atoms with Gasteiger partial charge in [0.25, 0.3) is 5.56 Å². The Bertz CT molecular complexity index is 2130. The molecule has 0 unspecified atom stereocenters. The Hall–Kier alpha value is -4.32. The van der Waals surface area contributed by atoms with E-state index in [-0.39, 0.29) is 17.5 Å². The highest BCUT2D eigenvalue weighted by Crippen LogP contribution is 2.42. The van der Waals surface area contributed by atoms with Gasteiger partial charge in [0.15, 0.2) is 0 Å². The van der Waals surface area contributed by atoms with Crippen LogP contribution in [0.4, 0.5) is 0 Å². The van der Waals surface area contributed by atoms with E-state index in [1.54, 1.807) is 19.5 Å². The molecular formula is C37H36Cl2N6O4. The van der Waals surface area contributed by atoms with Crippen LogP contribution in [-0.4, -0.2) is 68.7 Å². The van der Waals surface area contributed by atoms with E-state index in [9.17, 15) is 14.7 Å². The summed E-state index contributed by atoms with van der Waals surface area (Å²) in [5, 5.41) is 17.3. The standard InChI is InChI=1S/C37H36Cl2N6O4/c1-37(48)20-44(21-37)19-23-9-11-30(43-35(23)49-2)29-8-4-7-28(34(29)39)27-6-3-5-26(33(27)38)22-13-14-45-31(15-22)41-17-24(36(45)47)16-40-18-25-10-12-32(46)42-25/h3-9,11,13-15,17,25,40,48H,10,12,16,18-21H2,1-2H3,(H,42,46)/t25-/m0/s1. The molecule has 3 N–H and O–H groups in total. The number of carbonyl (C=O) groups is 1. The lowest BCUT2D eigenvalue weighted by molar-refractivity contribution is -0.119. The van der Waals surface area contributed by atoms with Gasteiger partial charge in [0.1, 0.15) is 5.65 Å². The van der Waals surface area contributed by atoms with Gasteiger partial charge in [-0.2, -0.15) is 0 Å². The summed E-state index contributed by atoms with van der Waals surface area (Å²) in [7, 11) is 1.60. The number of carbonyl (C=O) groups excluding carboxylic acids is 1. The van der Waals surface area contributed by atoms with Crippen LogP contribution in [0, 0.1) is 0 Å². The maximum Gasteiger partial charge on any atom is 0.262 e. The second kappa shape index (κ2) is 13.5. The number of aliphatic hydroxyl groups is 1. The Morgan fingerprint density at radius 2 is 1.71 bits per heavy atom. The fraction of sp³-hybridized carbons (Fsp3) is 0.297. The third-order valence-corrected chi connectivity index (χ3v) is 9.92. The molecule has 0 aliphatic carbocycles. The van der Waals surface area contributed by atoms with Crippen molar-refractivity contribution in [1.82, 2.24) is 29.9 Å². The molecule has 0 bridgehead atoms. The smallest absolute Gasteiger partial charge is 0.262 e. The first kappa shape index (κ1) is 33.2. The number of likely N-dealkylation sites (tertiary alicyclic amines) is 1. The monoisotopic (exact) mass is 698 g/mol. The maximum absolute atomic E-state index is 13.2. The first-order valence-corrected chi connectivity index (χ1v) is 16.9. The topological polar surface area (TPSA) is 121 Å². The number of ether oxygens (including phenoxy) is 1. The van der Waals surface area contributed by atoms with E-state index in [4.69, 9.17) is 32.9 Å². The normalized spacial score (nSPS) is 17.2. The van der Waals surface area contributed by atoms with Crippen molar-refractivity contribution in [1.29, 1.82) is 0 Å². The highest BCUT2D eigenvalue weighted by atomic mass is 35.5. The van der Waals surface area contributed by atoms with E-state index in [1.165, 1.54) is 4.40 Å². The lowest BCUT2D eigenvalue weighted by atomic mass is 9.96. The van der Waals surface area contributed by atoms with Gasteiger partial charge in [0.2, 0.25) is 11.8 Å². The van der Waals surface area contributed by atoms with Crippen molar-refractivity contribution in [3.8, 4) is 39.4 Å². The minimum Gasteiger partial charge on any atom is -0.481 e. The molecule has 5 heterocycles. The van der Waals surface area contributed by atoms with Crippen LogP contribution >= 0.6 is 23.2 Å². The zero-order valence-corrected chi connectivity index (χ0v) is 28.7. The van der Waals surface area contributed by atoms with Crippen LogP contribution < -0.4 is 20.9 Å². The molecule has 2 aliphatic rings. The van der Waals surface area contributed by atoms with Crippen LogP contribution in [0.5, 0.6) is 5.88 Å². The number of pyridine rings is 2. The largest absolute Gasteiger partial charge is 0.481 e. The Morgan fingerprint density at radius 3 is 2.41 bits per heavy atom. The molecule has 3 aromatic heterocycles. The molecule has 0 spiro atoms. The van der Waals surface area contributed by atoms with Gasteiger partial charge in [-0.1, -0.05) is 65.7 Å². The fourth-order valence-electron chi connectivity index (χ4n) is 6.70. The van der Waals surface area contributed by atoms with Gasteiger partial charge in [0.05, 0.1) is 28.5 Å². The second-order valence-corrected chi connectivity index (χ2v) is 13.8. The molecule has 0 saturated carbocycles. The van der Waals surface area contributed by atoms with Crippen LogP contribution in [0.2, 0.25) is 10.0 Å². The summed E-state index contributed by atoms with van der Waals surface area (Å²) in [4.78, 5) is 36.2. The van der Waals surface area contributed by atoms with Crippen LogP contribution in [0.1, 0.15) is 30.9 Å². The summed E-state index contributed by atoms with van der Waals surface area (Å²) in [6.45, 7) is 4.60. The molecule has 10 nitrogen and oxygen atoms in total. The van der Waals surface area contributed by atoms with Gasteiger partial charge in [-0.15, -0.1) is 0 Å². The summed E-state index contributed by atoms with van der Waals surface area (Å²) < 4.78 is 7.17. The van der Waals surface area contributed by atoms with Gasteiger partial charge in [-0.3, -0.25) is 18.9 Å². The van der Waals surface area contributed by atoms with E-state index in [0.717, 1.165) is 39.8 Å². The van der Waals surface area contributed by atoms with Gasteiger partial charge >= 0.3 is 0 Å². The summed E-state index contributed by atoms with van der Waals surface area (Å²) in [5.74, 6) is 0.574. The zero-order chi connectivity index (χ0) is 34.3. The van der Waals surface area contributed by atoms with Gasteiger partial charge in [-0.05, 0) is 37.1 Å². The van der Waals surface area contributed by atoms with Crippen LogP contribution in [0.25, 0.3) is 39.2 Å². The van der Waals surface area contributed by atoms with Crippen molar-refractivity contribution in [2.45, 2.75) is 44.5 Å². The summed E-state index contributed by atoms with van der Waals surface area (Å²) in [6.07, 6.45) is 4.63. The van der Waals surface area contributed by atoms with Gasteiger partial charge in [0, 0.05) is 91.0 Å². The van der Waals surface area contributed by atoms with Crippen molar-refractivity contribution in [2.24, 2.45) is 0 Å². The third-order valence-electron chi connectivity index (χ3n) is 9.10. The number of hydrogen-bond acceptors (Lipinski definition) is 8. The number of aromatic nitrogens is 3. The van der Waals surface area contributed by atoms with E-state index < -0.39 is 5.60 Å². The van der Waals surface area contributed by atoms with E-state index in [2.05, 4.69) is 20.5 Å². The van der Waals surface area contributed by atoms with Crippen molar-refractivity contribution in [3.63, 3.8) is 0 Å². The number of hydrogen-bond donors (Lipinski definition) is 3. The minimum atomic E-state index is -0.655. The number of β-amino-alcohol motifs (C(OH)–C–C–N with tert-alkyl or cyclic N) is 1. The lowest BCUT2D eigenvalue weighted by Gasteiger charge is -2.44. The van der Waals surface area contributed by atoms with Crippen LogP contribution in [0.3, 0.4) is 0 Å². The molecule has 2 aromatic carbocycles.